The summed E-state index contributed by atoms with van der Waals surface area (Å²) in [7, 11) is 0. The molecule has 0 saturated heterocycles. The molecule has 0 aromatic heterocycles. The van der Waals surface area contributed by atoms with Crippen molar-refractivity contribution in [1.29, 1.82) is 0 Å². The number of non-ortho nitro benzene ring substituents is 2. The van der Waals surface area contributed by atoms with E-state index in [1.165, 1.54) is 83.5 Å². The molecule has 0 fully saturated rings. The van der Waals surface area contributed by atoms with Gasteiger partial charge in [0, 0.05) is 12.1 Å². The molecule has 0 aliphatic rings. The Balaban J connectivity index is 2.30. The van der Waals surface area contributed by atoms with Gasteiger partial charge in [-0.05, 0) is 18.8 Å². The topological polar surface area (TPSA) is 142 Å². The van der Waals surface area contributed by atoms with Gasteiger partial charge in [-0.1, -0.05) is 117 Å². The van der Waals surface area contributed by atoms with E-state index in [4.69, 9.17) is 4.74 Å². The smallest absolute Gasteiger partial charge is 0.328 e. The Kier molecular flexibility index (Phi) is 19.0. The van der Waals surface area contributed by atoms with Gasteiger partial charge in [0.05, 0.1) is 28.1 Å². The van der Waals surface area contributed by atoms with E-state index in [2.05, 4.69) is 12.2 Å². The van der Waals surface area contributed by atoms with Gasteiger partial charge in [0.1, 0.15) is 6.04 Å². The predicted octanol–water partition coefficient (Wildman–Crippen LogP) is 8.45. The predicted molar refractivity (Wildman–Crippen MR) is 161 cm³/mol. The second-order valence-electron chi connectivity index (χ2n) is 11.4. The summed E-state index contributed by atoms with van der Waals surface area (Å²) in [6, 6.07) is 1.74. The molecule has 0 aliphatic heterocycles. The van der Waals surface area contributed by atoms with E-state index in [0.29, 0.717) is 6.42 Å². The van der Waals surface area contributed by atoms with Crippen LogP contribution in [0.2, 0.25) is 0 Å². The maximum Gasteiger partial charge on any atom is 0.328 e. The summed E-state index contributed by atoms with van der Waals surface area (Å²) < 4.78 is 5.41. The average Bonchev–Trinajstić information content (AvgIpc) is 2.93. The van der Waals surface area contributed by atoms with Crippen LogP contribution in [0.1, 0.15) is 140 Å². The van der Waals surface area contributed by atoms with E-state index in [9.17, 15) is 29.8 Å². The molecule has 0 radical (unpaired) electrons. The van der Waals surface area contributed by atoms with Crippen molar-refractivity contribution in [2.45, 2.75) is 136 Å². The first-order chi connectivity index (χ1) is 19.6. The Bertz CT molecular complexity index is 904. The molecule has 0 saturated carbocycles. The fourth-order valence-electron chi connectivity index (χ4n) is 4.79. The van der Waals surface area contributed by atoms with Gasteiger partial charge >= 0.3 is 5.97 Å². The second-order valence-corrected chi connectivity index (χ2v) is 11.4. The Morgan fingerprint density at radius 1 is 0.732 bits per heavy atom. The van der Waals surface area contributed by atoms with E-state index < -0.39 is 39.1 Å². The third kappa shape index (κ3) is 16.7. The van der Waals surface area contributed by atoms with Crippen molar-refractivity contribution >= 4 is 23.3 Å². The van der Waals surface area contributed by atoms with Crippen molar-refractivity contribution in [2.24, 2.45) is 5.92 Å². The van der Waals surface area contributed by atoms with Crippen molar-refractivity contribution in [2.75, 3.05) is 6.61 Å². The first-order valence-corrected chi connectivity index (χ1v) is 15.6. The number of ether oxygens (including phenoxy) is 1. The van der Waals surface area contributed by atoms with Gasteiger partial charge in [0.25, 0.3) is 17.3 Å². The normalized spacial score (nSPS) is 11.8. The van der Waals surface area contributed by atoms with Crippen LogP contribution in [0.25, 0.3) is 0 Å². The van der Waals surface area contributed by atoms with Gasteiger partial charge in [-0.15, -0.1) is 0 Å². The first-order valence-electron chi connectivity index (χ1n) is 15.6. The summed E-state index contributed by atoms with van der Waals surface area (Å²) in [5.41, 5.74) is -1.41. The molecule has 0 heterocycles. The lowest BCUT2D eigenvalue weighted by molar-refractivity contribution is -0.394. The Labute approximate surface area is 245 Å². The summed E-state index contributed by atoms with van der Waals surface area (Å²) >= 11 is 0. The van der Waals surface area contributed by atoms with E-state index in [-0.39, 0.29) is 18.1 Å². The summed E-state index contributed by atoms with van der Waals surface area (Å²) in [6.07, 6.45) is 20.3. The first kappa shape index (κ1) is 36.0. The van der Waals surface area contributed by atoms with Gasteiger partial charge in [-0.3, -0.25) is 25.0 Å². The van der Waals surface area contributed by atoms with Crippen molar-refractivity contribution in [3.8, 4) is 0 Å². The van der Waals surface area contributed by atoms with Crippen LogP contribution in [0, 0.1) is 26.1 Å². The van der Waals surface area contributed by atoms with E-state index in [0.717, 1.165) is 37.5 Å². The van der Waals surface area contributed by atoms with Gasteiger partial charge in [-0.25, -0.2) is 4.79 Å². The van der Waals surface area contributed by atoms with E-state index in [1.54, 1.807) is 0 Å². The molecule has 41 heavy (non-hydrogen) atoms. The van der Waals surface area contributed by atoms with Crippen LogP contribution in [0.15, 0.2) is 18.2 Å². The monoisotopic (exact) mass is 577 g/mol. The molecule has 1 aromatic rings. The Morgan fingerprint density at radius 2 is 1.15 bits per heavy atom. The van der Waals surface area contributed by atoms with Crippen LogP contribution in [-0.2, 0) is 9.53 Å². The number of nitro groups is 2. The highest BCUT2D eigenvalue weighted by Gasteiger charge is 2.26. The summed E-state index contributed by atoms with van der Waals surface area (Å²) in [6.45, 7) is 6.28. The molecule has 1 N–H and O–H groups in total. The van der Waals surface area contributed by atoms with Crippen LogP contribution < -0.4 is 5.32 Å². The zero-order valence-electron chi connectivity index (χ0n) is 25.4. The number of esters is 1. The average molecular weight is 578 g/mol. The van der Waals surface area contributed by atoms with Crippen LogP contribution in [0.4, 0.5) is 11.4 Å². The second kappa shape index (κ2) is 21.7. The van der Waals surface area contributed by atoms with Crippen molar-refractivity contribution in [3.63, 3.8) is 0 Å². The van der Waals surface area contributed by atoms with Crippen LogP contribution in [-0.4, -0.2) is 34.4 Å². The molecule has 1 atom stereocenters. The highest BCUT2D eigenvalue weighted by atomic mass is 16.6. The molecule has 0 aliphatic carbocycles. The summed E-state index contributed by atoms with van der Waals surface area (Å²) in [4.78, 5) is 46.1. The number of rotatable bonds is 24. The minimum atomic E-state index is -0.957. The number of nitrogens with one attached hydrogen (secondary N) is 1. The number of hydrogen-bond acceptors (Lipinski definition) is 7. The van der Waals surface area contributed by atoms with Crippen molar-refractivity contribution in [1.82, 2.24) is 5.32 Å². The highest BCUT2D eigenvalue weighted by Crippen LogP contribution is 2.23. The largest absolute Gasteiger partial charge is 0.464 e. The number of benzene rings is 1. The Morgan fingerprint density at radius 3 is 1.54 bits per heavy atom. The molecule has 232 valence electrons. The number of carbonyl (C=O) groups excluding carboxylic acids is 2. The van der Waals surface area contributed by atoms with Crippen LogP contribution in [0.5, 0.6) is 0 Å². The maximum absolute atomic E-state index is 12.8. The molecule has 1 aromatic carbocycles. The van der Waals surface area contributed by atoms with Crippen molar-refractivity contribution in [3.05, 3.63) is 44.0 Å². The zero-order chi connectivity index (χ0) is 30.5. The Hall–Kier alpha value is -3.04. The summed E-state index contributed by atoms with van der Waals surface area (Å²) in [5.74, 6) is -1.32. The molecular formula is C31H51N3O7. The van der Waals surface area contributed by atoms with Crippen molar-refractivity contribution < 1.29 is 24.2 Å². The lowest BCUT2D eigenvalue weighted by Crippen LogP contribution is -2.42. The zero-order valence-corrected chi connectivity index (χ0v) is 25.4. The maximum atomic E-state index is 12.8. The highest BCUT2D eigenvalue weighted by molar-refractivity contribution is 5.98. The van der Waals surface area contributed by atoms with Gasteiger partial charge in [0.2, 0.25) is 0 Å². The molecule has 0 spiro atoms. The van der Waals surface area contributed by atoms with Crippen LogP contribution >= 0.6 is 0 Å². The van der Waals surface area contributed by atoms with Gasteiger partial charge in [0.15, 0.2) is 0 Å². The minimum Gasteiger partial charge on any atom is -0.464 e. The van der Waals surface area contributed by atoms with E-state index in [1.807, 2.05) is 13.8 Å². The SMILES string of the molecule is CCCCCCCCCCCCCCCCCCOC(=O)[C@H](CC(C)C)NC(=O)c1cc([N+](=O)[O-])cc([N+](=O)[O-])c1. The molecule has 0 bridgehead atoms. The molecule has 10 heteroatoms. The molecule has 10 nitrogen and oxygen atoms in total. The van der Waals surface area contributed by atoms with Gasteiger partial charge < -0.3 is 10.1 Å². The van der Waals surface area contributed by atoms with Gasteiger partial charge in [-0.2, -0.15) is 0 Å². The number of amides is 1. The third-order valence-electron chi connectivity index (χ3n) is 7.13. The number of nitrogens with zero attached hydrogens (tertiary/aromatic N) is 2. The number of carbonyl (C=O) groups is 2. The lowest BCUT2D eigenvalue weighted by atomic mass is 10.0. The standard InChI is InChI=1S/C31H51N3O7/c1-4-5-6-7-8-9-10-11-12-13-14-15-16-17-18-19-20-41-31(36)29(21-25(2)3)32-30(35)26-22-27(33(37)38)24-28(23-26)34(39)40/h22-25,29H,4-21H2,1-3H3,(H,32,35)/t29-/m0/s1. The molecule has 1 amide bonds. The number of nitro benzene ring substituents is 2. The lowest BCUT2D eigenvalue weighted by Gasteiger charge is -2.19. The summed E-state index contributed by atoms with van der Waals surface area (Å²) in [5, 5.41) is 24.8. The molecular weight excluding hydrogens is 526 g/mol. The third-order valence-corrected chi connectivity index (χ3v) is 7.13. The fourth-order valence-corrected chi connectivity index (χ4v) is 4.79. The van der Waals surface area contributed by atoms with E-state index >= 15 is 0 Å². The number of unbranched alkanes of at least 4 members (excludes halogenated alkanes) is 15. The van der Waals surface area contributed by atoms with Crippen LogP contribution in [0.3, 0.4) is 0 Å². The number of hydrogen-bond donors (Lipinski definition) is 1. The molecule has 1 rings (SSSR count). The quantitative estimate of drug-likeness (QED) is 0.0562. The fraction of sp³-hybridized carbons (Fsp3) is 0.742. The molecule has 0 unspecified atom stereocenters. The minimum absolute atomic E-state index is 0.0582.